The third-order valence-corrected chi connectivity index (χ3v) is 4.60. The predicted octanol–water partition coefficient (Wildman–Crippen LogP) is 3.55. The maximum absolute atomic E-state index is 9.38. The number of anilines is 1. The van der Waals surface area contributed by atoms with Gasteiger partial charge >= 0.3 is 0 Å². The number of aromatic nitrogens is 2. The van der Waals surface area contributed by atoms with Gasteiger partial charge in [0, 0.05) is 37.2 Å². The molecule has 1 aliphatic heterocycles. The molecule has 0 aliphatic carbocycles. The summed E-state index contributed by atoms with van der Waals surface area (Å²) < 4.78 is 0. The fourth-order valence-corrected chi connectivity index (χ4v) is 3.26. The summed E-state index contributed by atoms with van der Waals surface area (Å²) in [6.45, 7) is 7.20. The molecule has 5 heteroatoms. The highest BCUT2D eigenvalue weighted by Gasteiger charge is 2.21. The minimum atomic E-state index is 0.312. The standard InChI is InChI=1S/C20H25N5/c1-15(2)19-8-7-17(11-21)20(24-19)23-18-6-4-10-25(14-18)13-16-5-3-9-22-12-16/h3,5,7-9,12,15,18H,4,6,10,13-14H2,1-2H3,(H,23,24). The van der Waals surface area contributed by atoms with Gasteiger partial charge in [0.2, 0.25) is 0 Å². The Balaban J connectivity index is 1.68. The van der Waals surface area contributed by atoms with Crippen LogP contribution in [-0.2, 0) is 6.54 Å². The Labute approximate surface area is 149 Å². The minimum absolute atomic E-state index is 0.312. The van der Waals surface area contributed by atoms with Crippen LogP contribution in [0, 0.1) is 11.3 Å². The van der Waals surface area contributed by atoms with Gasteiger partial charge in [0.1, 0.15) is 11.9 Å². The number of pyridine rings is 2. The zero-order valence-corrected chi connectivity index (χ0v) is 14.9. The first-order valence-corrected chi connectivity index (χ1v) is 8.94. The van der Waals surface area contributed by atoms with Crippen LogP contribution in [0.5, 0.6) is 0 Å². The Bertz CT molecular complexity index is 735. The molecule has 3 rings (SSSR count). The molecule has 0 saturated carbocycles. The zero-order chi connectivity index (χ0) is 17.6. The number of piperidine rings is 1. The second kappa shape index (κ2) is 8.09. The lowest BCUT2D eigenvalue weighted by Gasteiger charge is -2.33. The quantitative estimate of drug-likeness (QED) is 0.905. The van der Waals surface area contributed by atoms with Gasteiger partial charge in [0.05, 0.1) is 5.56 Å². The lowest BCUT2D eigenvalue weighted by atomic mass is 10.0. The maximum atomic E-state index is 9.38. The number of nitriles is 1. The molecule has 1 saturated heterocycles. The molecule has 1 unspecified atom stereocenters. The van der Waals surface area contributed by atoms with E-state index in [1.165, 1.54) is 5.56 Å². The minimum Gasteiger partial charge on any atom is -0.365 e. The summed E-state index contributed by atoms with van der Waals surface area (Å²) in [5.74, 6) is 1.07. The molecule has 1 atom stereocenters. The first kappa shape index (κ1) is 17.4. The number of nitrogens with one attached hydrogen (secondary N) is 1. The van der Waals surface area contributed by atoms with E-state index in [4.69, 9.17) is 0 Å². The molecule has 2 aromatic rings. The second-order valence-electron chi connectivity index (χ2n) is 6.98. The monoisotopic (exact) mass is 335 g/mol. The molecule has 1 fully saturated rings. The molecule has 2 aromatic heterocycles. The van der Waals surface area contributed by atoms with Gasteiger partial charge in [-0.15, -0.1) is 0 Å². The SMILES string of the molecule is CC(C)c1ccc(C#N)c(NC2CCCN(Cc3cccnc3)C2)n1. The van der Waals surface area contributed by atoms with Crippen molar-refractivity contribution in [2.75, 3.05) is 18.4 Å². The van der Waals surface area contributed by atoms with Crippen LogP contribution in [0.25, 0.3) is 0 Å². The summed E-state index contributed by atoms with van der Waals surface area (Å²) in [5.41, 5.74) is 2.87. The van der Waals surface area contributed by atoms with Crippen LogP contribution in [0.1, 0.15) is 49.4 Å². The highest BCUT2D eigenvalue weighted by Crippen LogP contribution is 2.22. The van der Waals surface area contributed by atoms with Crippen LogP contribution < -0.4 is 5.32 Å². The van der Waals surface area contributed by atoms with Gasteiger partial charge < -0.3 is 5.32 Å². The van der Waals surface area contributed by atoms with E-state index in [1.807, 2.05) is 24.4 Å². The van der Waals surface area contributed by atoms with E-state index >= 15 is 0 Å². The average Bonchev–Trinajstić information content (AvgIpc) is 2.63. The summed E-state index contributed by atoms with van der Waals surface area (Å²) in [6.07, 6.45) is 5.98. The van der Waals surface area contributed by atoms with E-state index in [1.54, 1.807) is 6.20 Å². The summed E-state index contributed by atoms with van der Waals surface area (Å²) in [4.78, 5) is 11.3. The molecular formula is C20H25N5. The first-order chi connectivity index (χ1) is 12.2. The molecule has 0 spiro atoms. The van der Waals surface area contributed by atoms with Gasteiger partial charge in [-0.3, -0.25) is 9.88 Å². The third kappa shape index (κ3) is 4.55. The van der Waals surface area contributed by atoms with Crippen molar-refractivity contribution in [3.63, 3.8) is 0 Å². The van der Waals surface area contributed by atoms with Crippen molar-refractivity contribution < 1.29 is 0 Å². The molecule has 130 valence electrons. The van der Waals surface area contributed by atoms with Gasteiger partial charge in [-0.25, -0.2) is 4.98 Å². The van der Waals surface area contributed by atoms with Crippen LogP contribution in [-0.4, -0.2) is 34.0 Å². The van der Waals surface area contributed by atoms with Crippen molar-refractivity contribution in [3.8, 4) is 6.07 Å². The Hall–Kier alpha value is -2.45. The number of rotatable bonds is 5. The molecule has 0 amide bonds. The second-order valence-corrected chi connectivity index (χ2v) is 6.98. The van der Waals surface area contributed by atoms with Crippen molar-refractivity contribution in [3.05, 3.63) is 53.5 Å². The molecule has 3 heterocycles. The van der Waals surface area contributed by atoms with E-state index in [2.05, 4.69) is 46.2 Å². The summed E-state index contributed by atoms with van der Waals surface area (Å²) in [5, 5.41) is 12.9. The van der Waals surface area contributed by atoms with E-state index in [-0.39, 0.29) is 0 Å². The fraction of sp³-hybridized carbons (Fsp3) is 0.450. The molecular weight excluding hydrogens is 310 g/mol. The van der Waals surface area contributed by atoms with Crippen molar-refractivity contribution in [2.24, 2.45) is 0 Å². The molecule has 0 radical (unpaired) electrons. The van der Waals surface area contributed by atoms with E-state index < -0.39 is 0 Å². The summed E-state index contributed by atoms with van der Waals surface area (Å²) in [7, 11) is 0. The van der Waals surface area contributed by atoms with Crippen LogP contribution >= 0.6 is 0 Å². The molecule has 1 aliphatic rings. The average molecular weight is 335 g/mol. The van der Waals surface area contributed by atoms with Gasteiger partial charge in [-0.2, -0.15) is 5.26 Å². The molecule has 1 N–H and O–H groups in total. The zero-order valence-electron chi connectivity index (χ0n) is 14.9. The fourth-order valence-electron chi connectivity index (χ4n) is 3.26. The van der Waals surface area contributed by atoms with Crippen molar-refractivity contribution in [1.82, 2.24) is 14.9 Å². The third-order valence-electron chi connectivity index (χ3n) is 4.60. The van der Waals surface area contributed by atoms with Crippen LogP contribution in [0.4, 0.5) is 5.82 Å². The Morgan fingerprint density at radius 3 is 2.96 bits per heavy atom. The van der Waals surface area contributed by atoms with Crippen LogP contribution in [0.3, 0.4) is 0 Å². The van der Waals surface area contributed by atoms with Crippen molar-refractivity contribution in [2.45, 2.75) is 45.2 Å². The lowest BCUT2D eigenvalue weighted by Crippen LogP contribution is -2.41. The highest BCUT2D eigenvalue weighted by atomic mass is 15.2. The summed E-state index contributed by atoms with van der Waals surface area (Å²) in [6, 6.07) is 10.5. The topological polar surface area (TPSA) is 64.8 Å². The van der Waals surface area contributed by atoms with Crippen LogP contribution in [0.2, 0.25) is 0 Å². The Morgan fingerprint density at radius 2 is 2.24 bits per heavy atom. The predicted molar refractivity (Wildman–Crippen MR) is 99.2 cm³/mol. The van der Waals surface area contributed by atoms with Gasteiger partial charge in [0.25, 0.3) is 0 Å². The largest absolute Gasteiger partial charge is 0.365 e. The Morgan fingerprint density at radius 1 is 1.36 bits per heavy atom. The first-order valence-electron chi connectivity index (χ1n) is 8.94. The number of nitrogens with zero attached hydrogens (tertiary/aromatic N) is 4. The molecule has 5 nitrogen and oxygen atoms in total. The normalized spacial score (nSPS) is 18.1. The highest BCUT2D eigenvalue weighted by molar-refractivity contribution is 5.53. The van der Waals surface area contributed by atoms with Gasteiger partial charge in [-0.1, -0.05) is 19.9 Å². The molecule has 25 heavy (non-hydrogen) atoms. The van der Waals surface area contributed by atoms with E-state index in [0.717, 1.165) is 44.0 Å². The lowest BCUT2D eigenvalue weighted by molar-refractivity contribution is 0.208. The number of hydrogen-bond donors (Lipinski definition) is 1. The van der Waals surface area contributed by atoms with Gasteiger partial charge in [-0.05, 0) is 49.1 Å². The smallest absolute Gasteiger partial charge is 0.144 e. The van der Waals surface area contributed by atoms with Crippen molar-refractivity contribution >= 4 is 5.82 Å². The van der Waals surface area contributed by atoms with E-state index in [9.17, 15) is 5.26 Å². The Kier molecular flexibility index (Phi) is 5.62. The maximum Gasteiger partial charge on any atom is 0.144 e. The van der Waals surface area contributed by atoms with Crippen LogP contribution in [0.15, 0.2) is 36.7 Å². The van der Waals surface area contributed by atoms with Gasteiger partial charge in [0.15, 0.2) is 0 Å². The molecule has 0 bridgehead atoms. The number of hydrogen-bond acceptors (Lipinski definition) is 5. The van der Waals surface area contributed by atoms with Crippen molar-refractivity contribution in [1.29, 1.82) is 5.26 Å². The summed E-state index contributed by atoms with van der Waals surface area (Å²) >= 11 is 0. The van der Waals surface area contributed by atoms with E-state index in [0.29, 0.717) is 17.5 Å². The molecule has 0 aromatic carbocycles. The number of likely N-dealkylation sites (tertiary alicyclic amines) is 1.